The van der Waals surface area contributed by atoms with E-state index in [9.17, 15) is 13.2 Å². The Bertz CT molecular complexity index is 1190. The summed E-state index contributed by atoms with van der Waals surface area (Å²) in [6.45, 7) is 0.797. The minimum Gasteiger partial charge on any atom is -0.362 e. The Morgan fingerprint density at radius 1 is 1.13 bits per heavy atom. The number of carbonyl (C=O) groups excluding carboxylic acids is 1. The van der Waals surface area contributed by atoms with E-state index in [1.54, 1.807) is 24.3 Å². The molecular formula is C19H19N7O3S. The minimum absolute atomic E-state index is 0.0717. The number of rotatable bonds is 5. The summed E-state index contributed by atoms with van der Waals surface area (Å²) < 4.78 is 30.4. The average Bonchev–Trinajstić information content (AvgIpc) is 3.41. The van der Waals surface area contributed by atoms with Crippen molar-refractivity contribution < 1.29 is 13.2 Å². The molecule has 10 nitrogen and oxygen atoms in total. The van der Waals surface area contributed by atoms with Gasteiger partial charge in [-0.05, 0) is 53.2 Å². The molecule has 1 N–H and O–H groups in total. The minimum atomic E-state index is -3.80. The number of anilines is 1. The fraction of sp³-hybridized carbons (Fsp3) is 0.211. The van der Waals surface area contributed by atoms with Crippen LogP contribution in [0.1, 0.15) is 23.2 Å². The highest BCUT2D eigenvalue weighted by Gasteiger charge is 2.20. The van der Waals surface area contributed by atoms with Gasteiger partial charge < -0.3 is 10.2 Å². The number of hydrogen-bond acceptors (Lipinski definition) is 6. The van der Waals surface area contributed by atoms with Crippen molar-refractivity contribution in [2.75, 3.05) is 18.9 Å². The van der Waals surface area contributed by atoms with E-state index in [2.05, 4.69) is 25.2 Å². The molecule has 11 heteroatoms. The Kier molecular flexibility index (Phi) is 5.27. The van der Waals surface area contributed by atoms with E-state index in [1.165, 1.54) is 35.3 Å². The molecule has 154 valence electrons. The first-order valence-electron chi connectivity index (χ1n) is 9.23. The molecule has 1 aromatic heterocycles. The number of hydrogen-bond donors (Lipinski definition) is 1. The Balaban J connectivity index is 1.53. The second-order valence-corrected chi connectivity index (χ2v) is 8.36. The Labute approximate surface area is 173 Å². The monoisotopic (exact) mass is 425 g/mol. The molecule has 4 rings (SSSR count). The summed E-state index contributed by atoms with van der Waals surface area (Å²) >= 11 is 0. The number of nitrogens with zero attached hydrogens (tertiary/aromatic N) is 6. The standard InChI is InChI=1S/C19H19N7O3S/c1-25-12-4-7-18(25)22-30(28,29)15-10-8-14(9-11-15)21-19(27)16-5-2-3-6-17(16)26-13-20-23-24-26/h2-3,5-6,8-11,13H,4,7,12H2,1H3,(H,21,27). The molecule has 1 amide bonds. The third kappa shape index (κ3) is 4.06. The van der Waals surface area contributed by atoms with Crippen LogP contribution in [0, 0.1) is 0 Å². The van der Waals surface area contributed by atoms with Crippen molar-refractivity contribution in [3.8, 4) is 5.69 Å². The van der Waals surface area contributed by atoms with Gasteiger partial charge in [0.15, 0.2) is 0 Å². The van der Waals surface area contributed by atoms with Crippen molar-refractivity contribution in [2.45, 2.75) is 17.7 Å². The Hall–Kier alpha value is -3.60. The molecule has 0 aliphatic carbocycles. The van der Waals surface area contributed by atoms with E-state index in [0.717, 1.165) is 13.0 Å². The van der Waals surface area contributed by atoms with E-state index in [-0.39, 0.29) is 10.8 Å². The molecule has 0 atom stereocenters. The normalized spacial score (nSPS) is 15.5. The second kappa shape index (κ2) is 8.03. The van der Waals surface area contributed by atoms with Crippen molar-refractivity contribution in [1.82, 2.24) is 25.1 Å². The van der Waals surface area contributed by atoms with Crippen LogP contribution in [0.5, 0.6) is 0 Å². The van der Waals surface area contributed by atoms with E-state index in [0.29, 0.717) is 29.2 Å². The smallest absolute Gasteiger partial charge is 0.283 e. The Morgan fingerprint density at radius 2 is 1.90 bits per heavy atom. The summed E-state index contributed by atoms with van der Waals surface area (Å²) in [4.78, 5) is 14.7. The maximum atomic E-state index is 12.7. The van der Waals surface area contributed by atoms with Gasteiger partial charge in [0.2, 0.25) is 0 Å². The first-order valence-corrected chi connectivity index (χ1v) is 10.7. The van der Waals surface area contributed by atoms with Gasteiger partial charge in [0, 0.05) is 25.7 Å². The predicted octanol–water partition coefficient (Wildman–Crippen LogP) is 1.73. The number of likely N-dealkylation sites (tertiary alicyclic amines) is 1. The first-order chi connectivity index (χ1) is 14.4. The molecule has 0 saturated carbocycles. The Morgan fingerprint density at radius 3 is 2.57 bits per heavy atom. The SMILES string of the molecule is CN1CCCC1=NS(=O)(=O)c1ccc(NC(=O)c2ccccc2-n2cnnn2)cc1. The van der Waals surface area contributed by atoms with Gasteiger partial charge in [-0.15, -0.1) is 9.50 Å². The molecule has 0 bridgehead atoms. The molecule has 1 fully saturated rings. The highest BCUT2D eigenvalue weighted by molar-refractivity contribution is 7.90. The quantitative estimate of drug-likeness (QED) is 0.660. The van der Waals surface area contributed by atoms with E-state index in [1.807, 2.05) is 11.9 Å². The maximum absolute atomic E-state index is 12.7. The van der Waals surface area contributed by atoms with Crippen LogP contribution in [0.2, 0.25) is 0 Å². The van der Waals surface area contributed by atoms with Gasteiger partial charge in [-0.25, -0.2) is 0 Å². The molecule has 1 aliphatic rings. The van der Waals surface area contributed by atoms with Crippen LogP contribution < -0.4 is 5.32 Å². The number of tetrazole rings is 1. The number of nitrogens with one attached hydrogen (secondary N) is 1. The summed E-state index contributed by atoms with van der Waals surface area (Å²) in [7, 11) is -1.98. The molecule has 0 unspecified atom stereocenters. The summed E-state index contributed by atoms with van der Waals surface area (Å²) in [5, 5.41) is 13.7. The number of aromatic nitrogens is 4. The molecule has 1 saturated heterocycles. The van der Waals surface area contributed by atoms with Crippen molar-refractivity contribution >= 4 is 27.5 Å². The van der Waals surface area contributed by atoms with Crippen LogP contribution in [-0.4, -0.2) is 58.9 Å². The van der Waals surface area contributed by atoms with Crippen LogP contribution >= 0.6 is 0 Å². The van der Waals surface area contributed by atoms with Crippen LogP contribution in [0.3, 0.4) is 0 Å². The molecule has 3 aromatic rings. The fourth-order valence-corrected chi connectivity index (χ4v) is 4.24. The molecular weight excluding hydrogens is 406 g/mol. The summed E-state index contributed by atoms with van der Waals surface area (Å²) in [5.74, 6) is 0.191. The molecule has 0 radical (unpaired) electrons. The van der Waals surface area contributed by atoms with Crippen molar-refractivity contribution in [3.63, 3.8) is 0 Å². The van der Waals surface area contributed by atoms with E-state index in [4.69, 9.17) is 0 Å². The summed E-state index contributed by atoms with van der Waals surface area (Å²) in [6, 6.07) is 12.8. The summed E-state index contributed by atoms with van der Waals surface area (Å²) in [5.41, 5.74) is 1.35. The first kappa shape index (κ1) is 19.7. The number of sulfonamides is 1. The van der Waals surface area contributed by atoms with Crippen molar-refractivity contribution in [1.29, 1.82) is 0 Å². The van der Waals surface area contributed by atoms with Gasteiger partial charge >= 0.3 is 0 Å². The zero-order chi connectivity index (χ0) is 21.1. The lowest BCUT2D eigenvalue weighted by molar-refractivity contribution is 0.102. The van der Waals surface area contributed by atoms with Crippen LogP contribution in [0.4, 0.5) is 5.69 Å². The second-order valence-electron chi connectivity index (χ2n) is 6.76. The maximum Gasteiger partial charge on any atom is 0.283 e. The average molecular weight is 425 g/mol. The van der Waals surface area contributed by atoms with Gasteiger partial charge in [-0.2, -0.15) is 13.1 Å². The van der Waals surface area contributed by atoms with Gasteiger partial charge in [0.1, 0.15) is 12.2 Å². The third-order valence-electron chi connectivity index (χ3n) is 4.71. The molecule has 1 aliphatic heterocycles. The van der Waals surface area contributed by atoms with Crippen molar-refractivity contribution in [2.24, 2.45) is 4.40 Å². The zero-order valence-corrected chi connectivity index (χ0v) is 17.0. The lowest BCUT2D eigenvalue weighted by atomic mass is 10.1. The van der Waals surface area contributed by atoms with Crippen LogP contribution in [0.15, 0.2) is 64.2 Å². The highest BCUT2D eigenvalue weighted by atomic mass is 32.2. The fourth-order valence-electron chi connectivity index (χ4n) is 3.15. The number of carbonyl (C=O) groups is 1. The molecule has 2 heterocycles. The van der Waals surface area contributed by atoms with Crippen LogP contribution in [0.25, 0.3) is 5.69 Å². The van der Waals surface area contributed by atoms with Gasteiger partial charge in [0.05, 0.1) is 16.1 Å². The van der Waals surface area contributed by atoms with Gasteiger partial charge in [0.25, 0.3) is 15.9 Å². The lowest BCUT2D eigenvalue weighted by Gasteiger charge is -2.11. The topological polar surface area (TPSA) is 122 Å². The highest BCUT2D eigenvalue weighted by Crippen LogP contribution is 2.20. The van der Waals surface area contributed by atoms with Crippen molar-refractivity contribution in [3.05, 3.63) is 60.4 Å². The number of amidine groups is 1. The predicted molar refractivity (Wildman–Crippen MR) is 110 cm³/mol. The number of benzene rings is 2. The largest absolute Gasteiger partial charge is 0.362 e. The molecule has 0 spiro atoms. The molecule has 30 heavy (non-hydrogen) atoms. The number of amides is 1. The van der Waals surface area contributed by atoms with E-state index < -0.39 is 10.0 Å². The van der Waals surface area contributed by atoms with Gasteiger partial charge in [-0.1, -0.05) is 12.1 Å². The third-order valence-corrected chi connectivity index (χ3v) is 6.03. The van der Waals surface area contributed by atoms with E-state index >= 15 is 0 Å². The van der Waals surface area contributed by atoms with Crippen LogP contribution in [-0.2, 0) is 10.0 Å². The van der Waals surface area contributed by atoms with Gasteiger partial charge in [-0.3, -0.25) is 4.79 Å². The zero-order valence-electron chi connectivity index (χ0n) is 16.1. The summed E-state index contributed by atoms with van der Waals surface area (Å²) in [6.07, 6.45) is 2.93. The molecule has 2 aromatic carbocycles. The number of para-hydroxylation sites is 1. The lowest BCUT2D eigenvalue weighted by Crippen LogP contribution is -2.20.